The average Bonchev–Trinajstić information content (AvgIpc) is 2.47. The Kier molecular flexibility index (Phi) is 5.85. The first kappa shape index (κ1) is 16.1. The summed E-state index contributed by atoms with van der Waals surface area (Å²) in [5.74, 6) is 0.562. The molecule has 0 radical (unpaired) electrons. The molecule has 2 N–H and O–H groups in total. The van der Waals surface area contributed by atoms with Crippen molar-refractivity contribution in [3.63, 3.8) is 0 Å². The maximum absolute atomic E-state index is 12.2. The first-order chi connectivity index (χ1) is 10.1. The van der Waals surface area contributed by atoms with Gasteiger partial charge in [-0.1, -0.05) is 11.6 Å². The second-order valence-electron chi connectivity index (χ2n) is 5.26. The highest BCUT2D eigenvalue weighted by molar-refractivity contribution is 6.31. The molecule has 5 nitrogen and oxygen atoms in total. The van der Waals surface area contributed by atoms with Crippen molar-refractivity contribution in [1.29, 1.82) is 0 Å². The van der Waals surface area contributed by atoms with Gasteiger partial charge in [0, 0.05) is 17.6 Å². The number of likely N-dealkylation sites (N-methyl/N-ethyl adjacent to an activating group) is 1. The van der Waals surface area contributed by atoms with E-state index in [4.69, 9.17) is 16.3 Å². The Morgan fingerprint density at radius 1 is 1.52 bits per heavy atom. The largest absolute Gasteiger partial charge is 0.495 e. The Bertz CT molecular complexity index is 496. The molecule has 1 aliphatic rings. The van der Waals surface area contributed by atoms with Crippen molar-refractivity contribution in [1.82, 2.24) is 10.2 Å². The lowest BCUT2D eigenvalue weighted by atomic mass is 10.1. The molecule has 1 unspecified atom stereocenters. The summed E-state index contributed by atoms with van der Waals surface area (Å²) in [6.07, 6.45) is 2.27. The quantitative estimate of drug-likeness (QED) is 0.873. The zero-order valence-corrected chi connectivity index (χ0v) is 13.2. The van der Waals surface area contributed by atoms with Crippen LogP contribution in [0.1, 0.15) is 12.8 Å². The number of benzene rings is 1. The van der Waals surface area contributed by atoms with Gasteiger partial charge in [-0.25, -0.2) is 0 Å². The number of nitrogens with zero attached hydrogens (tertiary/aromatic N) is 1. The summed E-state index contributed by atoms with van der Waals surface area (Å²) in [5.41, 5.74) is 0.608. The van der Waals surface area contributed by atoms with Crippen LogP contribution in [0.4, 0.5) is 5.69 Å². The number of methoxy groups -OCH3 is 1. The molecule has 0 saturated carbocycles. The van der Waals surface area contributed by atoms with E-state index in [2.05, 4.69) is 15.5 Å². The Labute approximate surface area is 130 Å². The van der Waals surface area contributed by atoms with E-state index < -0.39 is 0 Å². The van der Waals surface area contributed by atoms with Crippen LogP contribution in [0.2, 0.25) is 5.02 Å². The molecule has 0 spiro atoms. The Morgan fingerprint density at radius 2 is 2.33 bits per heavy atom. The van der Waals surface area contributed by atoms with E-state index >= 15 is 0 Å². The maximum Gasteiger partial charge on any atom is 0.238 e. The zero-order chi connectivity index (χ0) is 15.2. The number of nitrogens with one attached hydrogen (secondary N) is 2. The number of piperidine rings is 1. The topological polar surface area (TPSA) is 53.6 Å². The summed E-state index contributed by atoms with van der Waals surface area (Å²) in [5, 5.41) is 6.71. The summed E-state index contributed by atoms with van der Waals surface area (Å²) >= 11 is 5.96. The van der Waals surface area contributed by atoms with Gasteiger partial charge in [0.15, 0.2) is 0 Å². The number of halogens is 1. The van der Waals surface area contributed by atoms with Crippen LogP contribution < -0.4 is 15.4 Å². The molecule has 1 saturated heterocycles. The number of amides is 1. The van der Waals surface area contributed by atoms with Gasteiger partial charge in [0.2, 0.25) is 5.91 Å². The molecule has 1 atom stereocenters. The lowest BCUT2D eigenvalue weighted by Crippen LogP contribution is -2.46. The Morgan fingerprint density at radius 3 is 3.05 bits per heavy atom. The first-order valence-electron chi connectivity index (χ1n) is 7.15. The minimum atomic E-state index is -0.0488. The molecule has 116 valence electrons. The molecule has 1 aliphatic heterocycles. The van der Waals surface area contributed by atoms with Crippen molar-refractivity contribution in [3.05, 3.63) is 23.2 Å². The highest BCUT2D eigenvalue weighted by atomic mass is 35.5. The SMILES string of the molecule is CNC1CCCN(CC(=O)Nc2cc(Cl)ccc2OC)C1. The van der Waals surface area contributed by atoms with E-state index in [-0.39, 0.29) is 5.91 Å². The molecule has 0 aliphatic carbocycles. The van der Waals surface area contributed by atoms with Crippen molar-refractivity contribution in [2.24, 2.45) is 0 Å². The van der Waals surface area contributed by atoms with Crippen LogP contribution in [-0.2, 0) is 4.79 Å². The summed E-state index contributed by atoms with van der Waals surface area (Å²) in [4.78, 5) is 14.3. The molecule has 1 aromatic rings. The Balaban J connectivity index is 1.94. The first-order valence-corrected chi connectivity index (χ1v) is 7.53. The fourth-order valence-corrected chi connectivity index (χ4v) is 2.78. The predicted molar refractivity (Wildman–Crippen MR) is 85.2 cm³/mol. The van der Waals surface area contributed by atoms with Crippen molar-refractivity contribution < 1.29 is 9.53 Å². The van der Waals surface area contributed by atoms with Crippen LogP contribution in [0.25, 0.3) is 0 Å². The number of hydrogen-bond acceptors (Lipinski definition) is 4. The van der Waals surface area contributed by atoms with Gasteiger partial charge >= 0.3 is 0 Å². The van der Waals surface area contributed by atoms with E-state index in [1.54, 1.807) is 25.3 Å². The second-order valence-corrected chi connectivity index (χ2v) is 5.69. The van der Waals surface area contributed by atoms with Crippen molar-refractivity contribution in [2.45, 2.75) is 18.9 Å². The van der Waals surface area contributed by atoms with Crippen LogP contribution in [0.5, 0.6) is 5.75 Å². The van der Waals surface area contributed by atoms with Gasteiger partial charge in [-0.15, -0.1) is 0 Å². The monoisotopic (exact) mass is 311 g/mol. The van der Waals surface area contributed by atoms with Crippen molar-refractivity contribution >= 4 is 23.2 Å². The summed E-state index contributed by atoms with van der Waals surface area (Å²) in [6, 6.07) is 5.64. The third-order valence-electron chi connectivity index (χ3n) is 3.72. The van der Waals surface area contributed by atoms with Crippen molar-refractivity contribution in [3.8, 4) is 5.75 Å². The molecule has 21 heavy (non-hydrogen) atoms. The van der Waals surface area contributed by atoms with E-state index in [9.17, 15) is 4.79 Å². The molecule has 1 heterocycles. The molecule has 1 fully saturated rings. The minimum Gasteiger partial charge on any atom is -0.495 e. The predicted octanol–water partition coefficient (Wildman–Crippen LogP) is 1.97. The van der Waals surface area contributed by atoms with Crippen LogP contribution in [-0.4, -0.2) is 50.6 Å². The number of anilines is 1. The van der Waals surface area contributed by atoms with Crippen molar-refractivity contribution in [2.75, 3.05) is 39.1 Å². The van der Waals surface area contributed by atoms with Gasteiger partial charge < -0.3 is 15.4 Å². The van der Waals surface area contributed by atoms with E-state index in [0.29, 0.717) is 29.0 Å². The van der Waals surface area contributed by atoms with Gasteiger partial charge in [-0.2, -0.15) is 0 Å². The van der Waals surface area contributed by atoms with Gasteiger partial charge in [0.1, 0.15) is 5.75 Å². The number of rotatable bonds is 5. The molecule has 1 amide bonds. The average molecular weight is 312 g/mol. The summed E-state index contributed by atoms with van der Waals surface area (Å²) in [7, 11) is 3.53. The molecular weight excluding hydrogens is 290 g/mol. The summed E-state index contributed by atoms with van der Waals surface area (Å²) < 4.78 is 5.23. The molecule has 1 aromatic carbocycles. The third kappa shape index (κ3) is 4.59. The number of carbonyl (C=O) groups excluding carboxylic acids is 1. The van der Waals surface area contributed by atoms with E-state index in [0.717, 1.165) is 25.9 Å². The number of hydrogen-bond donors (Lipinski definition) is 2. The highest BCUT2D eigenvalue weighted by Crippen LogP contribution is 2.27. The highest BCUT2D eigenvalue weighted by Gasteiger charge is 2.20. The van der Waals surface area contributed by atoms with Crippen LogP contribution in [0, 0.1) is 0 Å². The molecule has 0 aromatic heterocycles. The van der Waals surface area contributed by atoms with Gasteiger partial charge in [0.25, 0.3) is 0 Å². The van der Waals surface area contributed by atoms with Crippen LogP contribution in [0.15, 0.2) is 18.2 Å². The number of likely N-dealkylation sites (tertiary alicyclic amines) is 1. The van der Waals surface area contributed by atoms with Crippen LogP contribution in [0.3, 0.4) is 0 Å². The Hall–Kier alpha value is -1.30. The normalized spacial score (nSPS) is 19.3. The van der Waals surface area contributed by atoms with E-state index in [1.807, 2.05) is 7.05 Å². The lowest BCUT2D eigenvalue weighted by Gasteiger charge is -2.31. The van der Waals surface area contributed by atoms with E-state index in [1.165, 1.54) is 0 Å². The second kappa shape index (κ2) is 7.64. The number of ether oxygens (including phenoxy) is 1. The van der Waals surface area contributed by atoms with Gasteiger partial charge in [-0.05, 0) is 44.6 Å². The fraction of sp³-hybridized carbons (Fsp3) is 0.533. The zero-order valence-electron chi connectivity index (χ0n) is 12.5. The fourth-order valence-electron chi connectivity index (χ4n) is 2.61. The molecule has 6 heteroatoms. The van der Waals surface area contributed by atoms with Gasteiger partial charge in [-0.3, -0.25) is 9.69 Å². The van der Waals surface area contributed by atoms with Crippen LogP contribution >= 0.6 is 11.6 Å². The molecular formula is C15H22ClN3O2. The van der Waals surface area contributed by atoms with Gasteiger partial charge in [0.05, 0.1) is 19.3 Å². The molecule has 0 bridgehead atoms. The third-order valence-corrected chi connectivity index (χ3v) is 3.95. The molecule has 2 rings (SSSR count). The standard InChI is InChI=1S/C15H22ClN3O2/c1-17-12-4-3-7-19(9-12)10-15(20)18-13-8-11(16)5-6-14(13)21-2/h5-6,8,12,17H,3-4,7,9-10H2,1-2H3,(H,18,20). The minimum absolute atomic E-state index is 0.0488. The summed E-state index contributed by atoms with van der Waals surface area (Å²) in [6.45, 7) is 2.24. The lowest BCUT2D eigenvalue weighted by molar-refractivity contribution is -0.117. The maximum atomic E-state index is 12.2. The smallest absolute Gasteiger partial charge is 0.238 e. The number of carbonyl (C=O) groups is 1.